The SMILES string of the molecule is CCCCCc1nc(C(=O)O)sc1-c1ccccc1. The molecule has 0 fully saturated rings. The van der Waals surface area contributed by atoms with Gasteiger partial charge in [-0.3, -0.25) is 0 Å². The average molecular weight is 275 g/mol. The highest BCUT2D eigenvalue weighted by molar-refractivity contribution is 7.17. The van der Waals surface area contributed by atoms with Crippen LogP contribution in [0.5, 0.6) is 0 Å². The highest BCUT2D eigenvalue weighted by Gasteiger charge is 2.16. The Bertz CT molecular complexity index is 549. The number of benzene rings is 1. The van der Waals surface area contributed by atoms with Gasteiger partial charge in [-0.2, -0.15) is 0 Å². The summed E-state index contributed by atoms with van der Waals surface area (Å²) in [5.41, 5.74) is 1.97. The van der Waals surface area contributed by atoms with E-state index in [1.54, 1.807) is 0 Å². The van der Waals surface area contributed by atoms with E-state index in [-0.39, 0.29) is 5.01 Å². The molecule has 19 heavy (non-hydrogen) atoms. The molecular weight excluding hydrogens is 258 g/mol. The van der Waals surface area contributed by atoms with Gasteiger partial charge in [0.05, 0.1) is 10.6 Å². The fourth-order valence-electron chi connectivity index (χ4n) is 1.97. The minimum Gasteiger partial charge on any atom is -0.476 e. The molecule has 4 heteroatoms. The first kappa shape index (κ1) is 13.7. The number of carbonyl (C=O) groups is 1. The number of thiazole rings is 1. The number of rotatable bonds is 6. The van der Waals surface area contributed by atoms with Crippen LogP contribution >= 0.6 is 11.3 Å². The lowest BCUT2D eigenvalue weighted by molar-refractivity contribution is 0.0696. The van der Waals surface area contributed by atoms with Gasteiger partial charge in [-0.25, -0.2) is 9.78 Å². The molecule has 0 spiro atoms. The van der Waals surface area contributed by atoms with Crippen LogP contribution in [0.1, 0.15) is 41.7 Å². The third-order valence-corrected chi connectivity index (χ3v) is 4.07. The second kappa shape index (κ2) is 6.48. The predicted octanol–water partition coefficient (Wildman–Crippen LogP) is 4.24. The number of carboxylic acids is 1. The summed E-state index contributed by atoms with van der Waals surface area (Å²) in [6.45, 7) is 2.15. The van der Waals surface area contributed by atoms with Gasteiger partial charge in [-0.15, -0.1) is 11.3 Å². The molecule has 1 heterocycles. The lowest BCUT2D eigenvalue weighted by atomic mass is 10.1. The first-order valence-corrected chi connectivity index (χ1v) is 7.32. The summed E-state index contributed by atoms with van der Waals surface area (Å²) in [5.74, 6) is -0.941. The summed E-state index contributed by atoms with van der Waals surface area (Å²) < 4.78 is 0. The number of unbranched alkanes of at least 4 members (excludes halogenated alkanes) is 2. The van der Waals surface area contributed by atoms with Gasteiger partial charge in [-0.1, -0.05) is 50.1 Å². The van der Waals surface area contributed by atoms with Crippen LogP contribution in [0.15, 0.2) is 30.3 Å². The summed E-state index contributed by atoms with van der Waals surface area (Å²) in [6.07, 6.45) is 4.20. The quantitative estimate of drug-likeness (QED) is 0.802. The van der Waals surface area contributed by atoms with Crippen LogP contribution in [0, 0.1) is 0 Å². The number of aryl methyl sites for hydroxylation is 1. The van der Waals surface area contributed by atoms with Crippen LogP contribution < -0.4 is 0 Å². The summed E-state index contributed by atoms with van der Waals surface area (Å²) in [5, 5.41) is 9.27. The molecule has 100 valence electrons. The van der Waals surface area contributed by atoms with E-state index in [2.05, 4.69) is 11.9 Å². The first-order chi connectivity index (χ1) is 9.22. The summed E-state index contributed by atoms with van der Waals surface area (Å²) >= 11 is 1.27. The summed E-state index contributed by atoms with van der Waals surface area (Å²) in [7, 11) is 0. The van der Waals surface area contributed by atoms with Crippen LogP contribution in [-0.2, 0) is 6.42 Å². The zero-order chi connectivity index (χ0) is 13.7. The summed E-state index contributed by atoms with van der Waals surface area (Å²) in [4.78, 5) is 16.3. The smallest absolute Gasteiger partial charge is 0.365 e. The van der Waals surface area contributed by atoms with Gasteiger partial charge in [-0.05, 0) is 18.4 Å². The van der Waals surface area contributed by atoms with E-state index in [1.165, 1.54) is 11.3 Å². The molecule has 1 N–H and O–H groups in total. The second-order valence-electron chi connectivity index (χ2n) is 4.42. The Morgan fingerprint density at radius 1 is 1.26 bits per heavy atom. The molecule has 0 saturated heterocycles. The number of hydrogen-bond donors (Lipinski definition) is 1. The van der Waals surface area contributed by atoms with Gasteiger partial charge < -0.3 is 5.11 Å². The maximum absolute atomic E-state index is 11.1. The average Bonchev–Trinajstić information content (AvgIpc) is 2.84. The van der Waals surface area contributed by atoms with Gasteiger partial charge in [0.2, 0.25) is 5.01 Å². The van der Waals surface area contributed by atoms with Crippen molar-refractivity contribution in [1.29, 1.82) is 0 Å². The van der Waals surface area contributed by atoms with E-state index in [1.807, 2.05) is 30.3 Å². The van der Waals surface area contributed by atoms with E-state index < -0.39 is 5.97 Å². The molecule has 0 bridgehead atoms. The largest absolute Gasteiger partial charge is 0.476 e. The summed E-state index contributed by atoms with van der Waals surface area (Å²) in [6, 6.07) is 9.89. The topological polar surface area (TPSA) is 50.2 Å². The van der Waals surface area contributed by atoms with Crippen LogP contribution in [0.4, 0.5) is 0 Å². The van der Waals surface area contributed by atoms with Crippen molar-refractivity contribution in [2.45, 2.75) is 32.6 Å². The Hall–Kier alpha value is -1.68. The molecule has 2 aromatic rings. The van der Waals surface area contributed by atoms with Crippen molar-refractivity contribution in [3.05, 3.63) is 41.0 Å². The van der Waals surface area contributed by atoms with Crippen molar-refractivity contribution in [1.82, 2.24) is 4.98 Å². The Balaban J connectivity index is 2.32. The molecule has 0 unspecified atom stereocenters. The molecule has 0 aliphatic carbocycles. The molecule has 0 atom stereocenters. The molecule has 3 nitrogen and oxygen atoms in total. The third-order valence-electron chi connectivity index (χ3n) is 2.93. The Kier molecular flexibility index (Phi) is 4.68. The van der Waals surface area contributed by atoms with Crippen molar-refractivity contribution in [3.63, 3.8) is 0 Å². The zero-order valence-electron chi connectivity index (χ0n) is 10.9. The fourth-order valence-corrected chi connectivity index (χ4v) is 2.93. The monoisotopic (exact) mass is 275 g/mol. The minimum absolute atomic E-state index is 0.186. The van der Waals surface area contributed by atoms with Crippen molar-refractivity contribution < 1.29 is 9.90 Å². The highest BCUT2D eigenvalue weighted by atomic mass is 32.1. The predicted molar refractivity (Wildman–Crippen MR) is 77.7 cm³/mol. The van der Waals surface area contributed by atoms with E-state index in [4.69, 9.17) is 5.11 Å². The highest BCUT2D eigenvalue weighted by Crippen LogP contribution is 2.31. The maximum Gasteiger partial charge on any atom is 0.365 e. The zero-order valence-corrected chi connectivity index (χ0v) is 11.7. The van der Waals surface area contributed by atoms with Crippen LogP contribution in [-0.4, -0.2) is 16.1 Å². The van der Waals surface area contributed by atoms with Crippen LogP contribution in [0.25, 0.3) is 10.4 Å². The van der Waals surface area contributed by atoms with Crippen LogP contribution in [0.2, 0.25) is 0 Å². The van der Waals surface area contributed by atoms with Crippen molar-refractivity contribution >= 4 is 17.3 Å². The minimum atomic E-state index is -0.941. The van der Waals surface area contributed by atoms with E-state index >= 15 is 0 Å². The molecule has 0 aliphatic rings. The Morgan fingerprint density at radius 3 is 2.63 bits per heavy atom. The number of aromatic nitrogens is 1. The lowest BCUT2D eigenvalue weighted by Crippen LogP contribution is -1.96. The van der Waals surface area contributed by atoms with E-state index in [0.717, 1.165) is 41.8 Å². The Labute approximate surface area is 116 Å². The first-order valence-electron chi connectivity index (χ1n) is 6.50. The number of carboxylic acid groups (broad SMARTS) is 1. The molecule has 1 aromatic carbocycles. The van der Waals surface area contributed by atoms with Crippen LogP contribution in [0.3, 0.4) is 0 Å². The number of hydrogen-bond acceptors (Lipinski definition) is 3. The standard InChI is InChI=1S/C15H17NO2S/c1-2-3-5-10-12-13(11-8-6-4-7-9-11)19-14(16-12)15(17)18/h4,6-9H,2-3,5,10H2,1H3,(H,17,18). The fraction of sp³-hybridized carbons (Fsp3) is 0.333. The maximum atomic E-state index is 11.1. The van der Waals surface area contributed by atoms with Crippen molar-refractivity contribution in [3.8, 4) is 10.4 Å². The van der Waals surface area contributed by atoms with Gasteiger partial charge in [0.1, 0.15) is 0 Å². The molecule has 1 aromatic heterocycles. The van der Waals surface area contributed by atoms with E-state index in [0.29, 0.717) is 0 Å². The van der Waals surface area contributed by atoms with Crippen molar-refractivity contribution in [2.75, 3.05) is 0 Å². The van der Waals surface area contributed by atoms with Gasteiger partial charge >= 0.3 is 5.97 Å². The third kappa shape index (κ3) is 3.41. The molecule has 0 aliphatic heterocycles. The van der Waals surface area contributed by atoms with Crippen molar-refractivity contribution in [2.24, 2.45) is 0 Å². The molecule has 0 radical (unpaired) electrons. The molecule has 0 amide bonds. The number of nitrogens with zero attached hydrogens (tertiary/aromatic N) is 1. The molecule has 0 saturated carbocycles. The normalized spacial score (nSPS) is 10.6. The van der Waals surface area contributed by atoms with Gasteiger partial charge in [0, 0.05) is 0 Å². The van der Waals surface area contributed by atoms with Gasteiger partial charge in [0.15, 0.2) is 0 Å². The number of aromatic carboxylic acids is 1. The van der Waals surface area contributed by atoms with E-state index in [9.17, 15) is 4.79 Å². The Morgan fingerprint density at radius 2 is 2.00 bits per heavy atom. The second-order valence-corrected chi connectivity index (χ2v) is 5.42. The molecular formula is C15H17NO2S. The lowest BCUT2D eigenvalue weighted by Gasteiger charge is -2.01. The molecule has 2 rings (SSSR count). The van der Waals surface area contributed by atoms with Gasteiger partial charge in [0.25, 0.3) is 0 Å².